The number of methoxy groups -OCH3 is 1. The molecule has 0 amide bonds. The summed E-state index contributed by atoms with van der Waals surface area (Å²) >= 11 is 0. The topological polar surface area (TPSA) is 60.0 Å². The van der Waals surface area contributed by atoms with Crippen molar-refractivity contribution in [3.63, 3.8) is 0 Å². The van der Waals surface area contributed by atoms with Crippen LogP contribution in [-0.2, 0) is 17.9 Å². The van der Waals surface area contributed by atoms with Crippen LogP contribution in [0.2, 0.25) is 0 Å². The van der Waals surface area contributed by atoms with Crippen LogP contribution in [-0.4, -0.2) is 38.6 Å². The van der Waals surface area contributed by atoms with E-state index in [0.29, 0.717) is 19.8 Å². The molecule has 2 N–H and O–H groups in total. The molecule has 0 fully saturated rings. The van der Waals surface area contributed by atoms with Crippen LogP contribution in [0.25, 0.3) is 0 Å². The lowest BCUT2D eigenvalue weighted by Crippen LogP contribution is -2.20. The number of aryl methyl sites for hydroxylation is 1. The number of nitrogens with one attached hydrogen (secondary N) is 1. The molecule has 2 aromatic carbocycles. The second kappa shape index (κ2) is 10.7. The quantitative estimate of drug-likeness (QED) is 0.613. The Labute approximate surface area is 149 Å². The van der Waals surface area contributed by atoms with Crippen LogP contribution in [0.3, 0.4) is 0 Å². The molecule has 0 spiro atoms. The molecule has 5 nitrogen and oxygen atoms in total. The van der Waals surface area contributed by atoms with Gasteiger partial charge < -0.3 is 24.6 Å². The van der Waals surface area contributed by atoms with Crippen LogP contribution < -0.4 is 14.8 Å². The maximum absolute atomic E-state index is 8.64. The van der Waals surface area contributed by atoms with E-state index in [1.165, 1.54) is 5.56 Å². The molecule has 0 radical (unpaired) electrons. The summed E-state index contributed by atoms with van der Waals surface area (Å²) in [6, 6.07) is 14.2. The van der Waals surface area contributed by atoms with Gasteiger partial charge in [-0.25, -0.2) is 0 Å². The molecule has 0 bridgehead atoms. The van der Waals surface area contributed by atoms with Crippen molar-refractivity contribution in [1.29, 1.82) is 0 Å². The zero-order valence-electron chi connectivity index (χ0n) is 15.0. The SMILES string of the molecule is COc1cc(CNCCOCCO)ccc1OCc1cccc(C)c1. The first-order chi connectivity index (χ1) is 12.2. The Kier molecular flexibility index (Phi) is 8.25. The van der Waals surface area contributed by atoms with Crippen molar-refractivity contribution >= 4 is 0 Å². The van der Waals surface area contributed by atoms with Crippen molar-refractivity contribution in [2.75, 3.05) is 33.5 Å². The monoisotopic (exact) mass is 345 g/mol. The third-order valence-electron chi connectivity index (χ3n) is 3.69. The van der Waals surface area contributed by atoms with Crippen molar-refractivity contribution in [1.82, 2.24) is 5.32 Å². The van der Waals surface area contributed by atoms with E-state index in [1.54, 1.807) is 7.11 Å². The van der Waals surface area contributed by atoms with E-state index in [2.05, 4.69) is 30.4 Å². The number of benzene rings is 2. The normalized spacial score (nSPS) is 10.7. The molecule has 2 rings (SSSR count). The number of aliphatic hydroxyl groups excluding tert-OH is 1. The van der Waals surface area contributed by atoms with Gasteiger partial charge in [0.2, 0.25) is 0 Å². The van der Waals surface area contributed by atoms with Crippen molar-refractivity contribution < 1.29 is 19.3 Å². The molecule has 2 aromatic rings. The van der Waals surface area contributed by atoms with Gasteiger partial charge >= 0.3 is 0 Å². The summed E-state index contributed by atoms with van der Waals surface area (Å²) in [5.74, 6) is 1.46. The minimum atomic E-state index is 0.0568. The van der Waals surface area contributed by atoms with Gasteiger partial charge in [-0.05, 0) is 30.2 Å². The van der Waals surface area contributed by atoms with E-state index >= 15 is 0 Å². The summed E-state index contributed by atoms with van der Waals surface area (Å²) in [7, 11) is 1.65. The maximum atomic E-state index is 8.64. The number of aliphatic hydroxyl groups is 1. The molecule has 0 unspecified atom stereocenters. The first kappa shape index (κ1) is 19.2. The summed E-state index contributed by atoms with van der Waals surface area (Å²) in [6.45, 7) is 5.04. The molecular weight excluding hydrogens is 318 g/mol. The van der Waals surface area contributed by atoms with Gasteiger partial charge in [0.15, 0.2) is 11.5 Å². The molecule has 0 saturated heterocycles. The van der Waals surface area contributed by atoms with Gasteiger partial charge in [-0.15, -0.1) is 0 Å². The average molecular weight is 345 g/mol. The molecule has 0 atom stereocenters. The standard InChI is InChI=1S/C20H27NO4/c1-16-4-3-5-18(12-16)15-25-19-7-6-17(13-20(19)23-2)14-21-8-10-24-11-9-22/h3-7,12-13,21-22H,8-11,14-15H2,1-2H3. The number of ether oxygens (including phenoxy) is 3. The highest BCUT2D eigenvalue weighted by Gasteiger charge is 2.06. The van der Waals surface area contributed by atoms with E-state index in [9.17, 15) is 0 Å². The molecule has 0 aliphatic rings. The Morgan fingerprint density at radius 1 is 1.00 bits per heavy atom. The fourth-order valence-electron chi connectivity index (χ4n) is 2.45. The number of rotatable bonds is 11. The summed E-state index contributed by atoms with van der Waals surface area (Å²) < 4.78 is 16.6. The molecule has 5 heteroatoms. The predicted octanol–water partition coefficient (Wildman–Crippen LogP) is 2.68. The van der Waals surface area contributed by atoms with Gasteiger partial charge in [-0.3, -0.25) is 0 Å². The van der Waals surface area contributed by atoms with E-state index in [0.717, 1.165) is 35.7 Å². The van der Waals surface area contributed by atoms with Crippen LogP contribution in [0.15, 0.2) is 42.5 Å². The Hall–Kier alpha value is -2.08. The van der Waals surface area contributed by atoms with Crippen LogP contribution >= 0.6 is 0 Å². The van der Waals surface area contributed by atoms with Crippen LogP contribution in [0, 0.1) is 6.92 Å². The summed E-state index contributed by atoms with van der Waals surface area (Å²) in [6.07, 6.45) is 0. The minimum absolute atomic E-state index is 0.0568. The van der Waals surface area contributed by atoms with Crippen LogP contribution in [0.4, 0.5) is 0 Å². The Bertz CT molecular complexity index is 645. The van der Waals surface area contributed by atoms with Crippen LogP contribution in [0.5, 0.6) is 11.5 Å². The van der Waals surface area contributed by atoms with Crippen molar-refractivity contribution in [3.05, 3.63) is 59.2 Å². The molecular formula is C20H27NO4. The molecule has 0 aromatic heterocycles. The Morgan fingerprint density at radius 3 is 2.64 bits per heavy atom. The Morgan fingerprint density at radius 2 is 1.88 bits per heavy atom. The second-order valence-electron chi connectivity index (χ2n) is 5.78. The second-order valence-corrected chi connectivity index (χ2v) is 5.78. The number of hydrogen-bond donors (Lipinski definition) is 2. The molecule has 25 heavy (non-hydrogen) atoms. The largest absolute Gasteiger partial charge is 0.493 e. The van der Waals surface area contributed by atoms with Gasteiger partial charge in [-0.1, -0.05) is 35.9 Å². The molecule has 0 aliphatic carbocycles. The smallest absolute Gasteiger partial charge is 0.161 e. The predicted molar refractivity (Wildman–Crippen MR) is 98.1 cm³/mol. The van der Waals surface area contributed by atoms with Gasteiger partial charge in [0.25, 0.3) is 0 Å². The molecule has 0 saturated carbocycles. The third-order valence-corrected chi connectivity index (χ3v) is 3.69. The zero-order chi connectivity index (χ0) is 17.9. The highest BCUT2D eigenvalue weighted by molar-refractivity contribution is 5.43. The van der Waals surface area contributed by atoms with Gasteiger partial charge in [0, 0.05) is 13.1 Å². The maximum Gasteiger partial charge on any atom is 0.161 e. The average Bonchev–Trinajstić information content (AvgIpc) is 2.63. The van der Waals surface area contributed by atoms with Crippen LogP contribution in [0.1, 0.15) is 16.7 Å². The molecule has 136 valence electrons. The summed E-state index contributed by atoms with van der Waals surface area (Å²) in [5.41, 5.74) is 3.47. The summed E-state index contributed by atoms with van der Waals surface area (Å²) in [4.78, 5) is 0. The first-order valence-corrected chi connectivity index (χ1v) is 8.47. The summed E-state index contributed by atoms with van der Waals surface area (Å²) in [5, 5.41) is 11.9. The lowest BCUT2D eigenvalue weighted by molar-refractivity contribution is 0.0938. The highest BCUT2D eigenvalue weighted by Crippen LogP contribution is 2.28. The van der Waals surface area contributed by atoms with E-state index in [-0.39, 0.29) is 6.61 Å². The minimum Gasteiger partial charge on any atom is -0.493 e. The van der Waals surface area contributed by atoms with E-state index in [1.807, 2.05) is 24.3 Å². The fraction of sp³-hybridized carbons (Fsp3) is 0.400. The number of hydrogen-bond acceptors (Lipinski definition) is 5. The van der Waals surface area contributed by atoms with Gasteiger partial charge in [0.1, 0.15) is 6.61 Å². The van der Waals surface area contributed by atoms with E-state index < -0.39 is 0 Å². The first-order valence-electron chi connectivity index (χ1n) is 8.47. The van der Waals surface area contributed by atoms with Gasteiger partial charge in [-0.2, -0.15) is 0 Å². The zero-order valence-corrected chi connectivity index (χ0v) is 15.0. The Balaban J connectivity index is 1.85. The van der Waals surface area contributed by atoms with E-state index in [4.69, 9.17) is 19.3 Å². The van der Waals surface area contributed by atoms with Crippen molar-refractivity contribution in [2.24, 2.45) is 0 Å². The van der Waals surface area contributed by atoms with Crippen molar-refractivity contribution in [3.8, 4) is 11.5 Å². The molecule has 0 heterocycles. The third kappa shape index (κ3) is 6.74. The lowest BCUT2D eigenvalue weighted by Gasteiger charge is -2.13. The molecule has 0 aliphatic heterocycles. The fourth-order valence-corrected chi connectivity index (χ4v) is 2.45. The lowest BCUT2D eigenvalue weighted by atomic mass is 10.1. The highest BCUT2D eigenvalue weighted by atomic mass is 16.5. The van der Waals surface area contributed by atoms with Crippen molar-refractivity contribution in [2.45, 2.75) is 20.1 Å². The van der Waals surface area contributed by atoms with Gasteiger partial charge in [0.05, 0.1) is 26.9 Å².